The second-order valence-corrected chi connectivity index (χ2v) is 3.14. The molecule has 1 rings (SSSR count). The average Bonchev–Trinajstić information content (AvgIpc) is 2.20. The van der Waals surface area contributed by atoms with Crippen LogP contribution in [0.1, 0.15) is 32.4 Å². The van der Waals surface area contributed by atoms with E-state index in [0.29, 0.717) is 18.5 Å². The highest BCUT2D eigenvalue weighted by Crippen LogP contribution is 2.13. The molecule has 1 aromatic rings. The van der Waals surface area contributed by atoms with Gasteiger partial charge in [0.2, 0.25) is 5.88 Å². The summed E-state index contributed by atoms with van der Waals surface area (Å²) in [5.41, 5.74) is 1.19. The molecule has 78 valence electrons. The predicted molar refractivity (Wildman–Crippen MR) is 57.5 cm³/mol. The zero-order valence-corrected chi connectivity index (χ0v) is 9.08. The average molecular weight is 194 g/mol. The van der Waals surface area contributed by atoms with E-state index in [1.165, 1.54) is 5.56 Å². The van der Waals surface area contributed by atoms with Crippen molar-refractivity contribution in [3.63, 3.8) is 0 Å². The molecule has 0 radical (unpaired) electrons. The lowest BCUT2D eigenvalue weighted by atomic mass is 10.1. The molecule has 3 nitrogen and oxygen atoms in total. The molecule has 1 unspecified atom stereocenters. The van der Waals surface area contributed by atoms with Crippen LogP contribution in [0.25, 0.3) is 0 Å². The molecule has 0 aliphatic rings. The van der Waals surface area contributed by atoms with Gasteiger partial charge < -0.3 is 10.1 Å². The Morgan fingerprint density at radius 2 is 2.21 bits per heavy atom. The Morgan fingerprint density at radius 3 is 2.71 bits per heavy atom. The van der Waals surface area contributed by atoms with Crippen LogP contribution in [-0.4, -0.2) is 18.1 Å². The quantitative estimate of drug-likeness (QED) is 0.780. The minimum atomic E-state index is 0.350. The van der Waals surface area contributed by atoms with E-state index in [1.807, 2.05) is 25.3 Å². The number of hydrogen-bond acceptors (Lipinski definition) is 3. The van der Waals surface area contributed by atoms with Crippen molar-refractivity contribution in [2.45, 2.75) is 26.8 Å². The molecule has 0 aliphatic carbocycles. The topological polar surface area (TPSA) is 34.1 Å². The van der Waals surface area contributed by atoms with E-state index in [4.69, 9.17) is 4.74 Å². The minimum Gasteiger partial charge on any atom is -0.478 e. The molecule has 0 aliphatic heterocycles. The maximum Gasteiger partial charge on any atom is 0.213 e. The lowest BCUT2D eigenvalue weighted by Crippen LogP contribution is -2.17. The van der Waals surface area contributed by atoms with Gasteiger partial charge in [-0.3, -0.25) is 0 Å². The largest absolute Gasteiger partial charge is 0.478 e. The maximum atomic E-state index is 5.27. The Hall–Kier alpha value is -1.09. The van der Waals surface area contributed by atoms with Crippen LogP contribution >= 0.6 is 0 Å². The predicted octanol–water partition coefficient (Wildman–Crippen LogP) is 2.15. The van der Waals surface area contributed by atoms with Gasteiger partial charge in [-0.15, -0.1) is 0 Å². The lowest BCUT2D eigenvalue weighted by molar-refractivity contribution is 0.326. The van der Waals surface area contributed by atoms with Crippen molar-refractivity contribution in [3.8, 4) is 5.88 Å². The smallest absolute Gasteiger partial charge is 0.213 e. The third kappa shape index (κ3) is 3.00. The Morgan fingerprint density at radius 1 is 1.43 bits per heavy atom. The third-order valence-corrected chi connectivity index (χ3v) is 2.06. The summed E-state index contributed by atoms with van der Waals surface area (Å²) in [4.78, 5) is 4.21. The highest BCUT2D eigenvalue weighted by Gasteiger charge is 2.03. The summed E-state index contributed by atoms with van der Waals surface area (Å²) in [6.07, 6.45) is 1.86. The number of rotatable bonds is 5. The fourth-order valence-electron chi connectivity index (χ4n) is 1.31. The molecular weight excluding hydrogens is 176 g/mol. The number of aromatic nitrogens is 1. The Kier molecular flexibility index (Phi) is 4.40. The van der Waals surface area contributed by atoms with Crippen LogP contribution in [0.5, 0.6) is 5.88 Å². The molecule has 0 spiro atoms. The number of pyridine rings is 1. The molecule has 0 aromatic carbocycles. The first kappa shape index (κ1) is 11.0. The molecule has 0 bridgehead atoms. The molecule has 1 aromatic heterocycles. The van der Waals surface area contributed by atoms with Crippen LogP contribution in [0.15, 0.2) is 18.3 Å². The summed E-state index contributed by atoms with van der Waals surface area (Å²) in [5.74, 6) is 0.694. The molecule has 0 saturated carbocycles. The van der Waals surface area contributed by atoms with Crippen molar-refractivity contribution in [2.24, 2.45) is 0 Å². The number of nitrogens with one attached hydrogen (secondary N) is 1. The van der Waals surface area contributed by atoms with Crippen LogP contribution in [0.2, 0.25) is 0 Å². The normalized spacial score (nSPS) is 12.5. The van der Waals surface area contributed by atoms with E-state index in [9.17, 15) is 0 Å². The van der Waals surface area contributed by atoms with Gasteiger partial charge in [0, 0.05) is 18.3 Å². The van der Waals surface area contributed by atoms with Gasteiger partial charge in [-0.2, -0.15) is 0 Å². The number of hydrogen-bond donors (Lipinski definition) is 1. The number of ether oxygens (including phenoxy) is 1. The van der Waals surface area contributed by atoms with Crippen LogP contribution in [0, 0.1) is 0 Å². The van der Waals surface area contributed by atoms with Gasteiger partial charge in [0.1, 0.15) is 0 Å². The zero-order valence-electron chi connectivity index (χ0n) is 9.08. The molecular formula is C11H18N2O. The van der Waals surface area contributed by atoms with Gasteiger partial charge in [0.25, 0.3) is 0 Å². The molecule has 3 heteroatoms. The monoisotopic (exact) mass is 194 g/mol. The van der Waals surface area contributed by atoms with Gasteiger partial charge in [-0.25, -0.2) is 4.98 Å². The summed E-state index contributed by atoms with van der Waals surface area (Å²) in [6, 6.07) is 4.31. The summed E-state index contributed by atoms with van der Waals surface area (Å²) in [5, 5.41) is 3.33. The maximum absolute atomic E-state index is 5.27. The SMILES string of the molecule is CCNC(C)c1ccc(OCC)nc1. The van der Waals surface area contributed by atoms with Crippen molar-refractivity contribution in [3.05, 3.63) is 23.9 Å². The summed E-state index contributed by atoms with van der Waals surface area (Å²) >= 11 is 0. The summed E-state index contributed by atoms with van der Waals surface area (Å²) < 4.78 is 5.27. The highest BCUT2D eigenvalue weighted by atomic mass is 16.5. The molecule has 1 atom stereocenters. The van der Waals surface area contributed by atoms with Crippen molar-refractivity contribution < 1.29 is 4.74 Å². The van der Waals surface area contributed by atoms with E-state index in [0.717, 1.165) is 6.54 Å². The van der Waals surface area contributed by atoms with Crippen molar-refractivity contribution in [1.82, 2.24) is 10.3 Å². The van der Waals surface area contributed by atoms with Crippen molar-refractivity contribution >= 4 is 0 Å². The Labute approximate surface area is 85.5 Å². The molecule has 1 N–H and O–H groups in total. The standard InChI is InChI=1S/C11H18N2O/c1-4-12-9(3)10-6-7-11(13-8-10)14-5-2/h6-9,12H,4-5H2,1-3H3. The van der Waals surface area contributed by atoms with E-state index >= 15 is 0 Å². The highest BCUT2D eigenvalue weighted by molar-refractivity contribution is 5.20. The second-order valence-electron chi connectivity index (χ2n) is 3.14. The van der Waals surface area contributed by atoms with Crippen molar-refractivity contribution in [2.75, 3.05) is 13.2 Å². The molecule has 0 fully saturated rings. The van der Waals surface area contributed by atoms with Gasteiger partial charge >= 0.3 is 0 Å². The Bertz CT molecular complexity index is 258. The molecule has 1 heterocycles. The van der Waals surface area contributed by atoms with E-state index < -0.39 is 0 Å². The van der Waals surface area contributed by atoms with E-state index in [2.05, 4.69) is 24.1 Å². The Balaban J connectivity index is 2.62. The zero-order chi connectivity index (χ0) is 10.4. The second kappa shape index (κ2) is 5.60. The van der Waals surface area contributed by atoms with Crippen LogP contribution in [-0.2, 0) is 0 Å². The fourth-order valence-corrected chi connectivity index (χ4v) is 1.31. The molecule has 14 heavy (non-hydrogen) atoms. The van der Waals surface area contributed by atoms with Gasteiger partial charge in [0.15, 0.2) is 0 Å². The summed E-state index contributed by atoms with van der Waals surface area (Å²) in [7, 11) is 0. The first-order valence-corrected chi connectivity index (χ1v) is 5.10. The van der Waals surface area contributed by atoms with Crippen LogP contribution in [0.3, 0.4) is 0 Å². The molecule has 0 saturated heterocycles. The minimum absolute atomic E-state index is 0.350. The fraction of sp³-hybridized carbons (Fsp3) is 0.545. The van der Waals surface area contributed by atoms with Crippen LogP contribution < -0.4 is 10.1 Å². The lowest BCUT2D eigenvalue weighted by Gasteiger charge is -2.12. The van der Waals surface area contributed by atoms with E-state index in [-0.39, 0.29) is 0 Å². The third-order valence-electron chi connectivity index (χ3n) is 2.06. The van der Waals surface area contributed by atoms with Gasteiger partial charge in [-0.05, 0) is 26.0 Å². The van der Waals surface area contributed by atoms with Gasteiger partial charge in [-0.1, -0.05) is 13.0 Å². The molecule has 0 amide bonds. The van der Waals surface area contributed by atoms with Gasteiger partial charge in [0.05, 0.1) is 6.61 Å². The van der Waals surface area contributed by atoms with E-state index in [1.54, 1.807) is 0 Å². The first-order valence-electron chi connectivity index (χ1n) is 5.10. The van der Waals surface area contributed by atoms with Crippen molar-refractivity contribution in [1.29, 1.82) is 0 Å². The number of nitrogens with zero attached hydrogens (tertiary/aromatic N) is 1. The summed E-state index contributed by atoms with van der Waals surface area (Å²) in [6.45, 7) is 7.81. The first-order chi connectivity index (χ1) is 6.77. The van der Waals surface area contributed by atoms with Crippen LogP contribution in [0.4, 0.5) is 0 Å².